The standard InChI is InChI=1S/C22H31FN6O6S2/c1-25-14-22(24-16-25)37(34,35)28-8-2-3-18(13-28)21(29(31)17-30)15-36(32,33)27-11-9-26(10-12-27)20-6-4-19(23)5-7-20/h4-7,14,16-18,21,29H,2-3,8-13,15H2,1H3. The molecular formula is C22H31FN6O6S2. The van der Waals surface area contributed by atoms with E-state index in [1.807, 2.05) is 4.90 Å². The SMILES string of the molecule is Cn1cnc(S(=O)(=O)N2CCCC(C(CS(=O)(=O)N3CCN(c4ccc(F)cc4)CC3)[NH+]([O-])C=O)C2)c1. The summed E-state index contributed by atoms with van der Waals surface area (Å²) in [5, 5.41) is 11.6. The van der Waals surface area contributed by atoms with E-state index in [1.54, 1.807) is 19.2 Å². The number of carbonyl (C=O) groups is 1. The maximum atomic E-state index is 13.3. The van der Waals surface area contributed by atoms with E-state index >= 15 is 0 Å². The highest BCUT2D eigenvalue weighted by Crippen LogP contribution is 2.26. The minimum Gasteiger partial charge on any atom is -0.627 e. The number of nitrogens with zero attached hydrogens (tertiary/aromatic N) is 5. The van der Waals surface area contributed by atoms with Crippen LogP contribution >= 0.6 is 0 Å². The molecule has 12 nitrogen and oxygen atoms in total. The molecule has 2 aliphatic heterocycles. The second-order valence-electron chi connectivity index (χ2n) is 9.41. The largest absolute Gasteiger partial charge is 0.627 e. The lowest BCUT2D eigenvalue weighted by molar-refractivity contribution is -0.787. The van der Waals surface area contributed by atoms with Crippen LogP contribution in [0, 0.1) is 16.9 Å². The second kappa shape index (κ2) is 11.1. The van der Waals surface area contributed by atoms with Crippen molar-refractivity contribution in [1.82, 2.24) is 18.2 Å². The van der Waals surface area contributed by atoms with Crippen molar-refractivity contribution in [2.75, 3.05) is 49.9 Å². The van der Waals surface area contributed by atoms with E-state index < -0.39 is 42.8 Å². The summed E-state index contributed by atoms with van der Waals surface area (Å²) in [6.45, 7) is 1.26. The number of hydroxylamine groups is 2. The van der Waals surface area contributed by atoms with Crippen LogP contribution in [0.2, 0.25) is 0 Å². The Morgan fingerprint density at radius 3 is 2.38 bits per heavy atom. The van der Waals surface area contributed by atoms with Crippen molar-refractivity contribution in [2.45, 2.75) is 23.9 Å². The van der Waals surface area contributed by atoms with Gasteiger partial charge in [-0.2, -0.15) is 8.61 Å². The minimum absolute atomic E-state index is 0.0724. The number of halogens is 1. The zero-order valence-corrected chi connectivity index (χ0v) is 22.1. The Labute approximate surface area is 215 Å². The van der Waals surface area contributed by atoms with Gasteiger partial charge >= 0.3 is 0 Å². The van der Waals surface area contributed by atoms with Gasteiger partial charge in [0, 0.05) is 64.1 Å². The number of piperidine rings is 1. The molecule has 1 aromatic carbocycles. The number of amides is 1. The summed E-state index contributed by atoms with van der Waals surface area (Å²) in [6.07, 6.45) is 3.72. The highest BCUT2D eigenvalue weighted by molar-refractivity contribution is 7.89. The topological polar surface area (TPSA) is 140 Å². The molecule has 2 saturated heterocycles. The fraction of sp³-hybridized carbons (Fsp3) is 0.545. The van der Waals surface area contributed by atoms with Crippen molar-refractivity contribution in [3.8, 4) is 0 Å². The summed E-state index contributed by atoms with van der Waals surface area (Å²) in [5.41, 5.74) is 0.781. The molecule has 1 N–H and O–H groups in total. The van der Waals surface area contributed by atoms with Crippen LogP contribution in [0.25, 0.3) is 0 Å². The monoisotopic (exact) mass is 558 g/mol. The average Bonchev–Trinajstić information content (AvgIpc) is 3.34. The summed E-state index contributed by atoms with van der Waals surface area (Å²) in [4.78, 5) is 17.3. The lowest BCUT2D eigenvalue weighted by atomic mass is 9.92. The predicted octanol–water partition coefficient (Wildman–Crippen LogP) is -0.980. The number of aryl methyl sites for hydroxylation is 1. The lowest BCUT2D eigenvalue weighted by Crippen LogP contribution is -3.12. The first-order chi connectivity index (χ1) is 17.5. The molecule has 37 heavy (non-hydrogen) atoms. The first-order valence-corrected chi connectivity index (χ1v) is 15.0. The van der Waals surface area contributed by atoms with Gasteiger partial charge in [-0.1, -0.05) is 0 Å². The number of anilines is 1. The number of piperazine rings is 1. The summed E-state index contributed by atoms with van der Waals surface area (Å²) >= 11 is 0. The molecular weight excluding hydrogens is 527 g/mol. The molecule has 2 aliphatic rings. The van der Waals surface area contributed by atoms with Gasteiger partial charge in [0.15, 0.2) is 5.03 Å². The van der Waals surface area contributed by atoms with Crippen molar-refractivity contribution >= 4 is 32.1 Å². The van der Waals surface area contributed by atoms with Crippen molar-refractivity contribution in [3.05, 3.63) is 47.8 Å². The molecule has 1 amide bonds. The number of sulfonamides is 2. The molecule has 3 heterocycles. The number of imidazole rings is 1. The number of hydrogen-bond donors (Lipinski definition) is 1. The molecule has 2 fully saturated rings. The van der Waals surface area contributed by atoms with Crippen LogP contribution in [-0.2, 0) is 31.9 Å². The molecule has 0 saturated carbocycles. The van der Waals surface area contributed by atoms with Crippen molar-refractivity contribution in [2.24, 2.45) is 13.0 Å². The smallest absolute Gasteiger partial charge is 0.300 e. The Bertz CT molecular complexity index is 1300. The maximum Gasteiger partial charge on any atom is 0.300 e. The van der Waals surface area contributed by atoms with Crippen LogP contribution in [0.1, 0.15) is 12.8 Å². The molecule has 204 valence electrons. The first-order valence-electron chi connectivity index (χ1n) is 12.0. The summed E-state index contributed by atoms with van der Waals surface area (Å²) < 4.78 is 69.9. The van der Waals surface area contributed by atoms with Gasteiger partial charge in [0.2, 0.25) is 10.0 Å². The third kappa shape index (κ3) is 6.18. The number of carbonyl (C=O) groups excluding carboxylic acids is 1. The van der Waals surface area contributed by atoms with Crippen molar-refractivity contribution < 1.29 is 31.1 Å². The van der Waals surface area contributed by atoms with Gasteiger partial charge in [0.05, 0.1) is 6.33 Å². The third-order valence-corrected chi connectivity index (χ3v) is 10.7. The van der Waals surface area contributed by atoms with Crippen LogP contribution in [0.15, 0.2) is 41.8 Å². The zero-order chi connectivity index (χ0) is 26.8. The van der Waals surface area contributed by atoms with Gasteiger partial charge < -0.3 is 19.7 Å². The van der Waals surface area contributed by atoms with Crippen LogP contribution in [0.3, 0.4) is 0 Å². The van der Waals surface area contributed by atoms with Crippen LogP contribution in [0.4, 0.5) is 10.1 Å². The van der Waals surface area contributed by atoms with Crippen molar-refractivity contribution in [3.63, 3.8) is 0 Å². The highest BCUT2D eigenvalue weighted by atomic mass is 32.2. The Morgan fingerprint density at radius 1 is 1.11 bits per heavy atom. The molecule has 0 spiro atoms. The Hall–Kier alpha value is -2.43. The van der Waals surface area contributed by atoms with Crippen LogP contribution in [0.5, 0.6) is 0 Å². The molecule has 0 aliphatic carbocycles. The quantitative estimate of drug-likeness (QED) is 0.306. The molecule has 0 radical (unpaired) electrons. The second-order valence-corrected chi connectivity index (χ2v) is 13.3. The van der Waals surface area contributed by atoms with Gasteiger partial charge in [0.25, 0.3) is 16.4 Å². The Kier molecular flexibility index (Phi) is 8.30. The first kappa shape index (κ1) is 27.6. The van der Waals surface area contributed by atoms with E-state index in [1.165, 1.54) is 37.8 Å². The Balaban J connectivity index is 1.45. The van der Waals surface area contributed by atoms with Gasteiger partial charge in [0.1, 0.15) is 17.6 Å². The molecule has 4 rings (SSSR count). The molecule has 3 unspecified atom stereocenters. The fourth-order valence-electron chi connectivity index (χ4n) is 4.92. The summed E-state index contributed by atoms with van der Waals surface area (Å²) in [6, 6.07) is 4.79. The minimum atomic E-state index is -3.93. The number of aromatic nitrogens is 2. The number of nitrogens with one attached hydrogen (secondary N) is 1. The van der Waals surface area contributed by atoms with Gasteiger partial charge in [-0.3, -0.25) is 0 Å². The van der Waals surface area contributed by atoms with E-state index in [9.17, 15) is 31.2 Å². The maximum absolute atomic E-state index is 13.3. The fourth-order valence-corrected chi connectivity index (χ4v) is 8.24. The number of rotatable bonds is 9. The third-order valence-electron chi connectivity index (χ3n) is 6.97. The lowest BCUT2D eigenvalue weighted by Gasteiger charge is -2.40. The van der Waals surface area contributed by atoms with Gasteiger partial charge in [-0.15, -0.1) is 0 Å². The molecule has 3 atom stereocenters. The summed E-state index contributed by atoms with van der Waals surface area (Å²) in [5.74, 6) is -1.55. The molecule has 1 aromatic heterocycles. The number of benzene rings is 1. The summed E-state index contributed by atoms with van der Waals surface area (Å²) in [7, 11) is -6.20. The molecule has 0 bridgehead atoms. The Morgan fingerprint density at radius 2 is 1.78 bits per heavy atom. The van der Waals surface area contributed by atoms with E-state index in [2.05, 4.69) is 4.98 Å². The van der Waals surface area contributed by atoms with Crippen LogP contribution < -0.4 is 9.96 Å². The molecule has 2 aromatic rings. The predicted molar refractivity (Wildman–Crippen MR) is 133 cm³/mol. The average molecular weight is 559 g/mol. The van der Waals surface area contributed by atoms with E-state index in [-0.39, 0.29) is 43.4 Å². The van der Waals surface area contributed by atoms with E-state index in [4.69, 9.17) is 0 Å². The number of quaternary nitrogens is 1. The van der Waals surface area contributed by atoms with Crippen LogP contribution in [-0.4, -0.2) is 92.5 Å². The van der Waals surface area contributed by atoms with Crippen molar-refractivity contribution in [1.29, 1.82) is 0 Å². The zero-order valence-electron chi connectivity index (χ0n) is 20.4. The van der Waals surface area contributed by atoms with Gasteiger partial charge in [-0.25, -0.2) is 31.0 Å². The molecule has 15 heteroatoms. The van der Waals surface area contributed by atoms with E-state index in [0.29, 0.717) is 25.9 Å². The highest BCUT2D eigenvalue weighted by Gasteiger charge is 2.41. The number of hydrogen-bond acceptors (Lipinski definition) is 8. The van der Waals surface area contributed by atoms with E-state index in [0.717, 1.165) is 5.69 Å². The van der Waals surface area contributed by atoms with Gasteiger partial charge in [-0.05, 0) is 37.1 Å². The normalized spacial score (nSPS) is 22.0.